The molecule has 572 valence electrons. The molecule has 0 aliphatic heterocycles. The van der Waals surface area contributed by atoms with Gasteiger partial charge in [0.1, 0.15) is 0 Å². The molecule has 121 heavy (non-hydrogen) atoms. The van der Waals surface area contributed by atoms with Gasteiger partial charge < -0.3 is 14.0 Å². The summed E-state index contributed by atoms with van der Waals surface area (Å²) < 4.78 is 5.84. The van der Waals surface area contributed by atoms with Crippen molar-refractivity contribution in [3.05, 3.63) is 501 Å². The number of rotatable bonds is 15. The second-order valence-corrected chi connectivity index (χ2v) is 31.8. The number of aromatic nitrogens is 2. The number of para-hydroxylation sites is 4. The fraction of sp³-hybridized carbons (Fsp3) is 0.00855. The Morgan fingerprint density at radius 2 is 0.388 bits per heavy atom. The Morgan fingerprint density at radius 3 is 0.694 bits per heavy atom. The van der Waals surface area contributed by atoms with Crippen LogP contribution >= 0.6 is 15.9 Å². The lowest BCUT2D eigenvalue weighted by atomic mass is 9.97. The molecule has 22 aromatic rings. The Balaban J connectivity index is 0.000000133. The predicted molar refractivity (Wildman–Crippen MR) is 518 cm³/mol. The summed E-state index contributed by atoms with van der Waals surface area (Å²) in [6.45, 7) is 0. The summed E-state index contributed by atoms with van der Waals surface area (Å²) in [4.78, 5) is 2.34. The third-order valence-corrected chi connectivity index (χ3v) is 24.0. The van der Waals surface area contributed by atoms with Crippen LogP contribution in [0.25, 0.3) is 166 Å². The molecule has 0 unspecified atom stereocenters. The van der Waals surface area contributed by atoms with Gasteiger partial charge in [-0.1, -0.05) is 392 Å². The Morgan fingerprint density at radius 1 is 0.174 bits per heavy atom. The Kier molecular flexibility index (Phi) is 20.8. The van der Waals surface area contributed by atoms with Crippen molar-refractivity contribution in [2.45, 2.75) is 6.42 Å². The molecule has 0 saturated carbocycles. The standard InChI is InChI=1S/C58H40N2.C43H31N.C16H11Br/c1-2-10-41(11-3-1)45-24-32-51(33-25-45)59(53-36-30-48(31-37-53)50-23-22-42-12-4-5-13-49(42)40-50)52-34-26-46(27-35-52)43-18-20-44(21-19-43)47-28-38-54(39-29-47)60-57-16-8-6-14-55(57)56-15-7-9-17-58(56)60;1-2-8-33(9-3-1)34-18-14-31(15-19-34)30-32-16-20-35(21-17-32)36-22-24-37(25-23-36)38-26-28-39(29-27-38)44-42-12-6-4-10-40(42)41-11-5-7-13-43(41)44;17-16-9-7-13(8-10-16)15-6-5-12-3-1-2-4-14(12)11-15/h1-40H;1-29H,30H2;1-11H. The van der Waals surface area contributed by atoms with Crippen LogP contribution < -0.4 is 4.90 Å². The minimum absolute atomic E-state index is 0.929. The molecule has 22 rings (SSSR count). The van der Waals surface area contributed by atoms with E-state index in [1.54, 1.807) is 0 Å². The molecule has 2 heterocycles. The van der Waals surface area contributed by atoms with Crippen LogP contribution in [0, 0.1) is 0 Å². The molecule has 0 aliphatic rings. The maximum atomic E-state index is 3.46. The van der Waals surface area contributed by atoms with Gasteiger partial charge in [-0.05, 0) is 237 Å². The molecule has 0 atom stereocenters. The van der Waals surface area contributed by atoms with E-state index in [0.29, 0.717) is 0 Å². The highest BCUT2D eigenvalue weighted by molar-refractivity contribution is 9.10. The second-order valence-electron chi connectivity index (χ2n) is 30.9. The average Bonchev–Trinajstić information content (AvgIpc) is 1.59. The summed E-state index contributed by atoms with van der Waals surface area (Å²) in [7, 11) is 0. The zero-order valence-corrected chi connectivity index (χ0v) is 68.2. The second kappa shape index (κ2) is 33.8. The van der Waals surface area contributed by atoms with Gasteiger partial charge in [-0.25, -0.2) is 0 Å². The fourth-order valence-electron chi connectivity index (χ4n) is 17.1. The zero-order valence-electron chi connectivity index (χ0n) is 66.6. The van der Waals surface area contributed by atoms with Gasteiger partial charge in [0.05, 0.1) is 22.1 Å². The molecule has 2 aromatic heterocycles. The first-order valence-electron chi connectivity index (χ1n) is 41.4. The molecule has 4 heteroatoms. The largest absolute Gasteiger partial charge is 0.311 e. The average molecular weight is 1610 g/mol. The van der Waals surface area contributed by atoms with Gasteiger partial charge in [0.2, 0.25) is 0 Å². The molecular weight excluding hydrogens is 1530 g/mol. The van der Waals surface area contributed by atoms with Gasteiger partial charge >= 0.3 is 0 Å². The van der Waals surface area contributed by atoms with Crippen molar-refractivity contribution in [3.63, 3.8) is 0 Å². The van der Waals surface area contributed by atoms with Crippen molar-refractivity contribution in [3.8, 4) is 100 Å². The Bertz CT molecular complexity index is 7260. The molecule has 0 bridgehead atoms. The minimum Gasteiger partial charge on any atom is -0.311 e. The molecule has 0 N–H and O–H groups in total. The number of nitrogens with zero attached hydrogens (tertiary/aromatic N) is 3. The van der Waals surface area contributed by atoms with E-state index in [-0.39, 0.29) is 0 Å². The zero-order chi connectivity index (χ0) is 80.8. The van der Waals surface area contributed by atoms with Crippen molar-refractivity contribution in [1.82, 2.24) is 9.13 Å². The van der Waals surface area contributed by atoms with Crippen LogP contribution in [-0.4, -0.2) is 9.13 Å². The summed E-state index contributed by atoms with van der Waals surface area (Å²) >= 11 is 3.46. The summed E-state index contributed by atoms with van der Waals surface area (Å²) in [6, 6.07) is 175. The van der Waals surface area contributed by atoms with Crippen molar-refractivity contribution < 1.29 is 0 Å². The van der Waals surface area contributed by atoms with Gasteiger partial charge in [0.15, 0.2) is 0 Å². The molecule has 3 nitrogen and oxygen atoms in total. The van der Waals surface area contributed by atoms with Crippen molar-refractivity contribution in [1.29, 1.82) is 0 Å². The highest BCUT2D eigenvalue weighted by atomic mass is 79.9. The maximum Gasteiger partial charge on any atom is 0.0541 e. The monoisotopic (exact) mass is 1610 g/mol. The highest BCUT2D eigenvalue weighted by Gasteiger charge is 2.18. The predicted octanol–water partition coefficient (Wildman–Crippen LogP) is 32.7. The van der Waals surface area contributed by atoms with E-state index in [1.807, 2.05) is 0 Å². The van der Waals surface area contributed by atoms with E-state index in [4.69, 9.17) is 0 Å². The summed E-state index contributed by atoms with van der Waals surface area (Å²) in [5.41, 5.74) is 32.7. The van der Waals surface area contributed by atoms with Crippen LogP contribution in [0.2, 0.25) is 0 Å². The summed E-state index contributed by atoms with van der Waals surface area (Å²) in [5, 5.41) is 10.2. The quantitative estimate of drug-likeness (QED) is 0.0997. The van der Waals surface area contributed by atoms with E-state index >= 15 is 0 Å². The molecule has 0 aliphatic carbocycles. The lowest BCUT2D eigenvalue weighted by Gasteiger charge is -2.26. The third-order valence-electron chi connectivity index (χ3n) is 23.4. The van der Waals surface area contributed by atoms with E-state index in [9.17, 15) is 0 Å². The number of hydrogen-bond acceptors (Lipinski definition) is 1. The number of fused-ring (bicyclic) bond motifs is 8. The number of benzene rings is 20. The van der Waals surface area contributed by atoms with Gasteiger partial charge in [0, 0.05) is 54.5 Å². The van der Waals surface area contributed by atoms with Gasteiger partial charge in [-0.2, -0.15) is 0 Å². The Hall–Kier alpha value is -15.2. The molecular formula is C117H82BrN3. The van der Waals surface area contributed by atoms with Crippen molar-refractivity contribution in [2.24, 2.45) is 0 Å². The number of hydrogen-bond donors (Lipinski definition) is 0. The topological polar surface area (TPSA) is 13.1 Å². The van der Waals surface area contributed by atoms with E-state index in [0.717, 1.165) is 33.6 Å². The van der Waals surface area contributed by atoms with Crippen LogP contribution in [0.4, 0.5) is 17.1 Å². The van der Waals surface area contributed by atoms with Gasteiger partial charge in [-0.15, -0.1) is 0 Å². The van der Waals surface area contributed by atoms with E-state index < -0.39 is 0 Å². The van der Waals surface area contributed by atoms with Gasteiger partial charge in [0.25, 0.3) is 0 Å². The first kappa shape index (κ1) is 74.6. The lowest BCUT2D eigenvalue weighted by Crippen LogP contribution is -2.09. The minimum atomic E-state index is 0.929. The van der Waals surface area contributed by atoms with Crippen LogP contribution in [0.5, 0.6) is 0 Å². The molecule has 0 fully saturated rings. The molecule has 0 spiro atoms. The third kappa shape index (κ3) is 15.8. The first-order chi connectivity index (χ1) is 59.9. The lowest BCUT2D eigenvalue weighted by molar-refractivity contribution is 1.18. The first-order valence-corrected chi connectivity index (χ1v) is 42.2. The van der Waals surface area contributed by atoms with Crippen molar-refractivity contribution in [2.75, 3.05) is 4.90 Å². The maximum absolute atomic E-state index is 3.46. The van der Waals surface area contributed by atoms with E-state index in [2.05, 4.69) is 515 Å². The summed E-state index contributed by atoms with van der Waals surface area (Å²) in [6.07, 6.45) is 0.929. The summed E-state index contributed by atoms with van der Waals surface area (Å²) in [5.74, 6) is 0. The van der Waals surface area contributed by atoms with E-state index in [1.165, 1.54) is 171 Å². The Labute approximate surface area is 714 Å². The number of halogens is 1. The van der Waals surface area contributed by atoms with Gasteiger partial charge in [-0.3, -0.25) is 0 Å². The highest BCUT2D eigenvalue weighted by Crippen LogP contribution is 2.41. The van der Waals surface area contributed by atoms with Crippen LogP contribution in [0.1, 0.15) is 11.1 Å². The number of anilines is 3. The molecule has 0 amide bonds. The van der Waals surface area contributed by atoms with Crippen molar-refractivity contribution >= 4 is 98.1 Å². The van der Waals surface area contributed by atoms with Crippen LogP contribution in [0.15, 0.2) is 490 Å². The van der Waals surface area contributed by atoms with Crippen LogP contribution in [-0.2, 0) is 6.42 Å². The molecule has 20 aromatic carbocycles. The normalized spacial score (nSPS) is 11.2. The fourth-order valence-corrected chi connectivity index (χ4v) is 17.3. The smallest absolute Gasteiger partial charge is 0.0541 e. The molecule has 0 saturated heterocycles. The molecule has 0 radical (unpaired) electrons. The van der Waals surface area contributed by atoms with Crippen LogP contribution in [0.3, 0.4) is 0 Å². The SMILES string of the molecule is Brc1ccc(-c2ccc3ccccc3c2)cc1.c1ccc(-c2ccc(Cc3ccc(-c4ccc(-c5ccc(-n6c7ccccc7c7ccccc76)cc5)cc4)cc3)cc2)cc1.c1ccc(-c2ccc(N(c3ccc(-c4ccc(-c5ccc(-n6c7ccccc7c7ccccc76)cc5)cc4)cc3)c3ccc(-c4ccc5ccccc5c4)cc3)cc2)cc1.